The second kappa shape index (κ2) is 51.7. The van der Waals surface area contributed by atoms with Crippen molar-refractivity contribution in [3.05, 3.63) is 109 Å². The summed E-state index contributed by atoms with van der Waals surface area (Å²) in [6.45, 7) is 6.36. The Morgan fingerprint density at radius 3 is 1.05 bits per heavy atom. The molecule has 0 aliphatic heterocycles. The maximum absolute atomic E-state index is 12.7. The van der Waals surface area contributed by atoms with Crippen molar-refractivity contribution < 1.29 is 28.6 Å². The SMILES string of the molecule is CC/C=C\C/C=C\C/C=C\C/C=C\C/C=C\C/C=C\C/C=C\CCCCCC(=O)OCC(COC(=O)CCCCCCC/C=C\CCC)OC(=O)CCCCCCC/C=C\CCCC. The zero-order valence-corrected chi connectivity index (χ0v) is 41.3. The van der Waals surface area contributed by atoms with Crippen LogP contribution in [-0.4, -0.2) is 37.2 Å². The summed E-state index contributed by atoms with van der Waals surface area (Å²) in [6.07, 6.45) is 69.4. The van der Waals surface area contributed by atoms with Crippen molar-refractivity contribution in [1.29, 1.82) is 0 Å². The molecule has 0 aromatic heterocycles. The Morgan fingerprint density at radius 2 is 0.641 bits per heavy atom. The van der Waals surface area contributed by atoms with Gasteiger partial charge in [-0.3, -0.25) is 14.4 Å². The van der Waals surface area contributed by atoms with Crippen LogP contribution in [0, 0.1) is 0 Å². The number of esters is 3. The summed E-state index contributed by atoms with van der Waals surface area (Å²) in [5.41, 5.74) is 0. The molecule has 0 saturated carbocycles. The highest BCUT2D eigenvalue weighted by Gasteiger charge is 2.19. The number of carbonyl (C=O) groups is 3. The Morgan fingerprint density at radius 1 is 0.328 bits per heavy atom. The first kappa shape index (κ1) is 60.1. The minimum Gasteiger partial charge on any atom is -0.462 e. The standard InChI is InChI=1S/C58H94O6/c1-4-7-10-13-16-19-22-23-24-25-26-27-28-29-30-31-32-33-34-35-37-39-42-45-48-51-57(60)63-54-55(53-62-56(59)50-47-44-41-38-21-18-15-12-9-6-3)64-58(61)52-49-46-43-40-36-20-17-14-11-8-5-2/h7,10,12,14-17,19,23-24,26-27,29-30,32-33,35,37,55H,4-6,8-9,11,13,18,20-22,25,28,31,34,36,38-54H2,1-3H3/b10-7-,15-12-,17-14-,19-16-,24-23-,27-26-,30-29-,33-32-,37-35-. The summed E-state index contributed by atoms with van der Waals surface area (Å²) in [4.78, 5) is 37.8. The van der Waals surface area contributed by atoms with Gasteiger partial charge < -0.3 is 14.2 Å². The van der Waals surface area contributed by atoms with Crippen molar-refractivity contribution in [2.75, 3.05) is 13.2 Å². The van der Waals surface area contributed by atoms with E-state index in [1.807, 2.05) is 0 Å². The molecule has 6 nitrogen and oxygen atoms in total. The number of rotatable bonds is 45. The molecule has 0 heterocycles. The average Bonchev–Trinajstić information content (AvgIpc) is 3.29. The normalized spacial score (nSPS) is 13.0. The molecule has 0 aromatic rings. The van der Waals surface area contributed by atoms with Gasteiger partial charge in [0.1, 0.15) is 13.2 Å². The van der Waals surface area contributed by atoms with Gasteiger partial charge in [-0.25, -0.2) is 0 Å². The summed E-state index contributed by atoms with van der Waals surface area (Å²) in [5, 5.41) is 0. The third kappa shape index (κ3) is 49.1. The Kier molecular flexibility index (Phi) is 48.5. The topological polar surface area (TPSA) is 78.9 Å². The molecule has 0 bridgehead atoms. The first-order valence-corrected chi connectivity index (χ1v) is 25.9. The lowest BCUT2D eigenvalue weighted by molar-refractivity contribution is -0.167. The second-order valence-electron chi connectivity index (χ2n) is 16.7. The predicted octanol–water partition coefficient (Wildman–Crippen LogP) is 17.1. The monoisotopic (exact) mass is 887 g/mol. The number of allylic oxidation sites excluding steroid dienone is 18. The van der Waals surface area contributed by atoms with Crippen molar-refractivity contribution >= 4 is 17.9 Å². The van der Waals surface area contributed by atoms with Gasteiger partial charge in [0.25, 0.3) is 0 Å². The van der Waals surface area contributed by atoms with Crippen molar-refractivity contribution in [2.24, 2.45) is 0 Å². The fourth-order valence-corrected chi connectivity index (χ4v) is 6.58. The highest BCUT2D eigenvalue weighted by Crippen LogP contribution is 2.13. The molecule has 0 spiro atoms. The number of unbranched alkanes of at least 4 members (excludes halogenated alkanes) is 16. The first-order valence-electron chi connectivity index (χ1n) is 25.9. The van der Waals surface area contributed by atoms with Gasteiger partial charge in [-0.15, -0.1) is 0 Å². The van der Waals surface area contributed by atoms with Gasteiger partial charge in [0, 0.05) is 19.3 Å². The zero-order chi connectivity index (χ0) is 46.5. The van der Waals surface area contributed by atoms with Gasteiger partial charge in [-0.1, -0.05) is 194 Å². The molecule has 0 saturated heterocycles. The van der Waals surface area contributed by atoms with Crippen LogP contribution >= 0.6 is 0 Å². The van der Waals surface area contributed by atoms with Crippen molar-refractivity contribution in [1.82, 2.24) is 0 Å². The van der Waals surface area contributed by atoms with E-state index in [-0.39, 0.29) is 31.1 Å². The average molecular weight is 887 g/mol. The summed E-state index contributed by atoms with van der Waals surface area (Å²) in [7, 11) is 0. The lowest BCUT2D eigenvalue weighted by Crippen LogP contribution is -2.30. The van der Waals surface area contributed by atoms with E-state index in [0.29, 0.717) is 19.3 Å². The van der Waals surface area contributed by atoms with Crippen LogP contribution in [0.15, 0.2) is 109 Å². The quantitative estimate of drug-likeness (QED) is 0.0262. The Balaban J connectivity index is 4.36. The van der Waals surface area contributed by atoms with Gasteiger partial charge in [-0.2, -0.15) is 0 Å². The third-order valence-corrected chi connectivity index (χ3v) is 10.5. The highest BCUT2D eigenvalue weighted by atomic mass is 16.6. The van der Waals surface area contributed by atoms with Gasteiger partial charge in [-0.05, 0) is 116 Å². The number of hydrogen-bond acceptors (Lipinski definition) is 6. The van der Waals surface area contributed by atoms with E-state index in [1.165, 1.54) is 38.5 Å². The fraction of sp³-hybridized carbons (Fsp3) is 0.638. The molecule has 0 aromatic carbocycles. The maximum Gasteiger partial charge on any atom is 0.306 e. The molecule has 0 amide bonds. The van der Waals surface area contributed by atoms with Crippen LogP contribution < -0.4 is 0 Å². The summed E-state index contributed by atoms with van der Waals surface area (Å²) in [5.74, 6) is -0.961. The third-order valence-electron chi connectivity index (χ3n) is 10.5. The van der Waals surface area contributed by atoms with Crippen LogP contribution in [0.5, 0.6) is 0 Å². The molecule has 0 fully saturated rings. The Labute approximate surface area is 393 Å². The molecule has 0 aliphatic rings. The first-order chi connectivity index (χ1) is 31.5. The number of carbonyl (C=O) groups excluding carboxylic acids is 3. The molecule has 0 radical (unpaired) electrons. The summed E-state index contributed by atoms with van der Waals surface area (Å²) < 4.78 is 16.7. The Bertz CT molecular complexity index is 1340. The highest BCUT2D eigenvalue weighted by molar-refractivity contribution is 5.71. The van der Waals surface area contributed by atoms with Crippen molar-refractivity contribution in [3.8, 4) is 0 Å². The lowest BCUT2D eigenvalue weighted by Gasteiger charge is -2.18. The van der Waals surface area contributed by atoms with Crippen LogP contribution in [-0.2, 0) is 28.6 Å². The minimum absolute atomic E-state index is 0.0986. The van der Waals surface area contributed by atoms with E-state index in [2.05, 4.69) is 130 Å². The predicted molar refractivity (Wildman–Crippen MR) is 274 cm³/mol. The van der Waals surface area contributed by atoms with Gasteiger partial charge in [0.05, 0.1) is 0 Å². The van der Waals surface area contributed by atoms with Crippen molar-refractivity contribution in [2.45, 2.75) is 226 Å². The van der Waals surface area contributed by atoms with Crippen molar-refractivity contribution in [3.63, 3.8) is 0 Å². The molecule has 0 rings (SSSR count). The van der Waals surface area contributed by atoms with E-state index >= 15 is 0 Å². The molecular weight excluding hydrogens is 793 g/mol. The van der Waals surface area contributed by atoms with E-state index in [1.54, 1.807) is 0 Å². The largest absolute Gasteiger partial charge is 0.462 e. The van der Waals surface area contributed by atoms with E-state index in [0.717, 1.165) is 141 Å². The smallest absolute Gasteiger partial charge is 0.306 e. The van der Waals surface area contributed by atoms with Crippen LogP contribution in [0.1, 0.15) is 220 Å². The maximum atomic E-state index is 12.7. The molecule has 362 valence electrons. The second-order valence-corrected chi connectivity index (χ2v) is 16.7. The summed E-state index contributed by atoms with van der Waals surface area (Å²) in [6, 6.07) is 0. The number of ether oxygens (including phenoxy) is 3. The molecule has 0 N–H and O–H groups in total. The molecule has 1 unspecified atom stereocenters. The van der Waals surface area contributed by atoms with Crippen LogP contribution in [0.2, 0.25) is 0 Å². The van der Waals surface area contributed by atoms with Crippen LogP contribution in [0.4, 0.5) is 0 Å². The lowest BCUT2D eigenvalue weighted by atomic mass is 10.1. The molecule has 6 heteroatoms. The van der Waals surface area contributed by atoms with E-state index in [9.17, 15) is 14.4 Å². The van der Waals surface area contributed by atoms with Crippen LogP contribution in [0.3, 0.4) is 0 Å². The van der Waals surface area contributed by atoms with E-state index in [4.69, 9.17) is 14.2 Å². The van der Waals surface area contributed by atoms with Gasteiger partial charge in [0.2, 0.25) is 0 Å². The van der Waals surface area contributed by atoms with Gasteiger partial charge in [0.15, 0.2) is 6.10 Å². The number of hydrogen-bond donors (Lipinski definition) is 0. The zero-order valence-electron chi connectivity index (χ0n) is 41.3. The minimum atomic E-state index is -0.799. The molecule has 64 heavy (non-hydrogen) atoms. The van der Waals surface area contributed by atoms with Gasteiger partial charge >= 0.3 is 17.9 Å². The summed E-state index contributed by atoms with van der Waals surface area (Å²) >= 11 is 0. The fourth-order valence-electron chi connectivity index (χ4n) is 6.58. The molecular formula is C58H94O6. The molecule has 1 atom stereocenters. The Hall–Kier alpha value is -3.93. The van der Waals surface area contributed by atoms with E-state index < -0.39 is 6.10 Å². The van der Waals surface area contributed by atoms with Crippen LogP contribution in [0.25, 0.3) is 0 Å². The molecule has 0 aliphatic carbocycles.